The standard InChI is InChI=1S/C31H37N7O5/c1-4-28(39)33-23-6-5-7-24(19-23)43-30-26(38-14-16-42-17-15-38)20-32-31(36-30)35-25-9-8-21(18-27(25)41-3)29(40)34-22-10-12-37(2)13-11-22/h4-9,18-20,22H,1,10-17H2,2-3H3,(H,33,39)(H,34,40)(H,32,35,36). The third-order valence-corrected chi connectivity index (χ3v) is 7.35. The van der Waals surface area contributed by atoms with Gasteiger partial charge in [-0.05, 0) is 69.4 Å². The molecule has 12 heteroatoms. The number of nitrogens with one attached hydrogen (secondary N) is 3. The molecule has 3 aromatic rings. The highest BCUT2D eigenvalue weighted by molar-refractivity contribution is 5.99. The van der Waals surface area contributed by atoms with Gasteiger partial charge in [0.2, 0.25) is 17.7 Å². The van der Waals surface area contributed by atoms with E-state index in [-0.39, 0.29) is 23.8 Å². The fourth-order valence-corrected chi connectivity index (χ4v) is 4.94. The first-order valence-corrected chi connectivity index (χ1v) is 14.3. The summed E-state index contributed by atoms with van der Waals surface area (Å²) in [4.78, 5) is 38.3. The van der Waals surface area contributed by atoms with Crippen molar-refractivity contribution in [2.45, 2.75) is 18.9 Å². The fraction of sp³-hybridized carbons (Fsp3) is 0.355. The lowest BCUT2D eigenvalue weighted by atomic mass is 10.0. The van der Waals surface area contributed by atoms with Crippen LogP contribution in [0.15, 0.2) is 61.3 Å². The van der Waals surface area contributed by atoms with Gasteiger partial charge in [-0.25, -0.2) is 4.98 Å². The van der Waals surface area contributed by atoms with Crippen LogP contribution < -0.4 is 30.3 Å². The largest absolute Gasteiger partial charge is 0.495 e. The Bertz CT molecular complexity index is 1450. The van der Waals surface area contributed by atoms with Crippen molar-refractivity contribution in [3.63, 3.8) is 0 Å². The van der Waals surface area contributed by atoms with Crippen LogP contribution in [0.2, 0.25) is 0 Å². The molecule has 0 radical (unpaired) electrons. The minimum absolute atomic E-state index is 0.132. The predicted octanol–water partition coefficient (Wildman–Crippen LogP) is 3.81. The molecule has 3 N–H and O–H groups in total. The Balaban J connectivity index is 1.36. The van der Waals surface area contributed by atoms with E-state index in [1.165, 1.54) is 6.08 Å². The van der Waals surface area contributed by atoms with E-state index in [1.54, 1.807) is 55.8 Å². The molecule has 226 valence electrons. The molecule has 43 heavy (non-hydrogen) atoms. The van der Waals surface area contributed by atoms with E-state index >= 15 is 0 Å². The summed E-state index contributed by atoms with van der Waals surface area (Å²) in [5.41, 5.74) is 2.38. The van der Waals surface area contributed by atoms with Crippen molar-refractivity contribution in [1.82, 2.24) is 20.2 Å². The van der Waals surface area contributed by atoms with E-state index in [0.717, 1.165) is 25.9 Å². The smallest absolute Gasteiger partial charge is 0.251 e. The molecule has 0 saturated carbocycles. The molecule has 5 rings (SSSR count). The summed E-state index contributed by atoms with van der Waals surface area (Å²) in [6.45, 7) is 7.91. The Morgan fingerprint density at radius 1 is 1.09 bits per heavy atom. The first kappa shape index (κ1) is 29.8. The van der Waals surface area contributed by atoms with Crippen molar-refractivity contribution in [2.24, 2.45) is 0 Å². The number of morpholine rings is 1. The van der Waals surface area contributed by atoms with Crippen LogP contribution in [0.25, 0.3) is 0 Å². The number of rotatable bonds is 10. The SMILES string of the molecule is C=CC(=O)Nc1cccc(Oc2nc(Nc3ccc(C(=O)NC4CCN(C)CC4)cc3OC)ncc2N2CCOCC2)c1. The number of piperidine rings is 1. The van der Waals surface area contributed by atoms with E-state index in [1.807, 2.05) is 0 Å². The van der Waals surface area contributed by atoms with Crippen LogP contribution in [0.4, 0.5) is 23.0 Å². The van der Waals surface area contributed by atoms with Gasteiger partial charge in [0.25, 0.3) is 5.91 Å². The van der Waals surface area contributed by atoms with E-state index in [9.17, 15) is 9.59 Å². The van der Waals surface area contributed by atoms with Crippen LogP contribution in [-0.4, -0.2) is 86.3 Å². The maximum Gasteiger partial charge on any atom is 0.251 e. The fourth-order valence-electron chi connectivity index (χ4n) is 4.94. The van der Waals surface area contributed by atoms with Crippen molar-refractivity contribution in [2.75, 3.05) is 69.1 Å². The van der Waals surface area contributed by atoms with E-state index in [4.69, 9.17) is 19.2 Å². The van der Waals surface area contributed by atoms with Gasteiger partial charge in [-0.1, -0.05) is 12.6 Å². The number of carbonyl (C=O) groups excluding carboxylic acids is 2. The summed E-state index contributed by atoms with van der Waals surface area (Å²) in [6, 6.07) is 12.4. The number of likely N-dealkylation sites (tertiary alicyclic amines) is 1. The summed E-state index contributed by atoms with van der Waals surface area (Å²) in [6.07, 6.45) is 4.76. The maximum absolute atomic E-state index is 13.0. The lowest BCUT2D eigenvalue weighted by molar-refractivity contribution is -0.111. The van der Waals surface area contributed by atoms with E-state index in [2.05, 4.69) is 44.4 Å². The zero-order valence-corrected chi connectivity index (χ0v) is 24.5. The Hall–Kier alpha value is -4.68. The summed E-state index contributed by atoms with van der Waals surface area (Å²) in [5, 5.41) is 9.07. The molecule has 0 atom stereocenters. The second-order valence-electron chi connectivity index (χ2n) is 10.4. The molecule has 12 nitrogen and oxygen atoms in total. The number of nitrogens with zero attached hydrogens (tertiary/aromatic N) is 4. The minimum atomic E-state index is -0.320. The zero-order chi connectivity index (χ0) is 30.2. The number of anilines is 4. The van der Waals surface area contributed by atoms with Crippen LogP contribution in [-0.2, 0) is 9.53 Å². The van der Waals surface area contributed by atoms with Crippen LogP contribution in [0, 0.1) is 0 Å². The Labute approximate surface area is 251 Å². The second kappa shape index (κ2) is 14.0. The number of benzene rings is 2. The molecule has 2 aliphatic heterocycles. The number of ether oxygens (including phenoxy) is 3. The van der Waals surface area contributed by atoms with Gasteiger partial charge in [0, 0.05) is 36.4 Å². The molecule has 2 aromatic carbocycles. The molecular weight excluding hydrogens is 550 g/mol. The van der Waals surface area contributed by atoms with Crippen molar-refractivity contribution in [3.05, 3.63) is 66.9 Å². The van der Waals surface area contributed by atoms with Crippen LogP contribution >= 0.6 is 0 Å². The monoisotopic (exact) mass is 587 g/mol. The zero-order valence-electron chi connectivity index (χ0n) is 24.5. The van der Waals surface area contributed by atoms with Crippen molar-refractivity contribution in [1.29, 1.82) is 0 Å². The average Bonchev–Trinajstić information content (AvgIpc) is 3.03. The predicted molar refractivity (Wildman–Crippen MR) is 165 cm³/mol. The van der Waals surface area contributed by atoms with E-state index in [0.29, 0.717) is 66.3 Å². The highest BCUT2D eigenvalue weighted by Gasteiger charge is 2.22. The van der Waals surface area contributed by atoms with Gasteiger partial charge in [-0.3, -0.25) is 9.59 Å². The number of amides is 2. The third-order valence-electron chi connectivity index (χ3n) is 7.35. The van der Waals surface area contributed by atoms with E-state index < -0.39 is 0 Å². The van der Waals surface area contributed by atoms with Gasteiger partial charge >= 0.3 is 0 Å². The summed E-state index contributed by atoms with van der Waals surface area (Å²) < 4.78 is 17.4. The van der Waals surface area contributed by atoms with Gasteiger partial charge in [0.1, 0.15) is 17.2 Å². The molecule has 3 heterocycles. The summed E-state index contributed by atoms with van der Waals surface area (Å²) in [5.74, 6) is 1.12. The van der Waals surface area contributed by atoms with Crippen molar-refractivity contribution < 1.29 is 23.8 Å². The Kier molecular flexibility index (Phi) is 9.70. The highest BCUT2D eigenvalue weighted by atomic mass is 16.5. The molecule has 2 saturated heterocycles. The van der Waals surface area contributed by atoms with Crippen molar-refractivity contribution in [3.8, 4) is 17.4 Å². The van der Waals surface area contributed by atoms with Crippen molar-refractivity contribution >= 4 is 34.8 Å². The van der Waals surface area contributed by atoms with Crippen LogP contribution in [0.3, 0.4) is 0 Å². The quantitative estimate of drug-likeness (QED) is 0.301. The number of carbonyl (C=O) groups is 2. The van der Waals surface area contributed by atoms with Gasteiger partial charge in [0.15, 0.2) is 0 Å². The second-order valence-corrected chi connectivity index (χ2v) is 10.4. The summed E-state index contributed by atoms with van der Waals surface area (Å²) >= 11 is 0. The first-order chi connectivity index (χ1) is 20.9. The highest BCUT2D eigenvalue weighted by Crippen LogP contribution is 2.34. The lowest BCUT2D eigenvalue weighted by Crippen LogP contribution is -2.43. The topological polar surface area (TPSA) is 130 Å². The Morgan fingerprint density at radius 3 is 2.63 bits per heavy atom. The average molecular weight is 588 g/mol. The molecule has 0 bridgehead atoms. The van der Waals surface area contributed by atoms with Crippen LogP contribution in [0.5, 0.6) is 17.4 Å². The Morgan fingerprint density at radius 2 is 1.88 bits per heavy atom. The number of aromatic nitrogens is 2. The minimum Gasteiger partial charge on any atom is -0.495 e. The normalized spacial score (nSPS) is 15.8. The van der Waals surface area contributed by atoms with Gasteiger partial charge in [-0.15, -0.1) is 0 Å². The lowest BCUT2D eigenvalue weighted by Gasteiger charge is -2.29. The molecular formula is C31H37N7O5. The number of methoxy groups -OCH3 is 1. The third kappa shape index (κ3) is 7.79. The maximum atomic E-state index is 13.0. The molecule has 1 aromatic heterocycles. The number of hydrogen-bond acceptors (Lipinski definition) is 10. The van der Waals surface area contributed by atoms with Gasteiger partial charge < -0.3 is 40.0 Å². The van der Waals surface area contributed by atoms with Crippen LogP contribution in [0.1, 0.15) is 23.2 Å². The molecule has 2 fully saturated rings. The molecule has 0 spiro atoms. The molecule has 2 amide bonds. The molecule has 0 aliphatic carbocycles. The molecule has 0 unspecified atom stereocenters. The van der Waals surface area contributed by atoms with Gasteiger partial charge in [-0.2, -0.15) is 4.98 Å². The summed E-state index contributed by atoms with van der Waals surface area (Å²) in [7, 11) is 3.64. The molecule has 2 aliphatic rings. The first-order valence-electron chi connectivity index (χ1n) is 14.3. The van der Waals surface area contributed by atoms with Gasteiger partial charge in [0.05, 0.1) is 32.2 Å². The number of hydrogen-bond donors (Lipinski definition) is 3.